The zero-order valence-electron chi connectivity index (χ0n) is 12.4. The molecule has 3 aromatic heterocycles. The number of pyridine rings is 1. The summed E-state index contributed by atoms with van der Waals surface area (Å²) >= 11 is 0. The van der Waals surface area contributed by atoms with E-state index in [4.69, 9.17) is 4.52 Å². The lowest BCUT2D eigenvalue weighted by Gasteiger charge is -2.33. The molecule has 0 radical (unpaired) electrons. The van der Waals surface area contributed by atoms with Gasteiger partial charge in [0.1, 0.15) is 6.04 Å². The Morgan fingerprint density at radius 2 is 2.41 bits per heavy atom. The maximum Gasteiger partial charge on any atom is 0.160 e. The number of rotatable bonds is 3. The number of hydrogen-bond donors (Lipinski definition) is 1. The van der Waals surface area contributed by atoms with Gasteiger partial charge in [-0.3, -0.25) is 9.88 Å². The summed E-state index contributed by atoms with van der Waals surface area (Å²) in [6.07, 6.45) is 6.42. The first-order valence-corrected chi connectivity index (χ1v) is 7.39. The van der Waals surface area contributed by atoms with Crippen molar-refractivity contribution in [2.45, 2.75) is 25.9 Å². The van der Waals surface area contributed by atoms with Gasteiger partial charge in [-0.05, 0) is 18.6 Å². The van der Waals surface area contributed by atoms with E-state index >= 15 is 0 Å². The van der Waals surface area contributed by atoms with Crippen molar-refractivity contribution in [2.24, 2.45) is 0 Å². The smallest absolute Gasteiger partial charge is 0.160 e. The van der Waals surface area contributed by atoms with Crippen molar-refractivity contribution in [3.8, 4) is 0 Å². The van der Waals surface area contributed by atoms with Gasteiger partial charge in [-0.25, -0.2) is 4.98 Å². The van der Waals surface area contributed by atoms with E-state index in [0.29, 0.717) is 0 Å². The van der Waals surface area contributed by atoms with Crippen LogP contribution in [0, 0.1) is 6.92 Å². The van der Waals surface area contributed by atoms with Crippen LogP contribution in [0.15, 0.2) is 41.4 Å². The Bertz CT molecular complexity index is 764. The van der Waals surface area contributed by atoms with Crippen molar-refractivity contribution in [1.29, 1.82) is 0 Å². The molecule has 4 heterocycles. The minimum Gasteiger partial charge on any atom is -0.359 e. The van der Waals surface area contributed by atoms with Crippen LogP contribution in [-0.2, 0) is 13.0 Å². The van der Waals surface area contributed by atoms with E-state index in [9.17, 15) is 0 Å². The summed E-state index contributed by atoms with van der Waals surface area (Å²) in [5.41, 5.74) is 4.29. The van der Waals surface area contributed by atoms with Crippen LogP contribution in [0.4, 0.5) is 0 Å². The van der Waals surface area contributed by atoms with E-state index in [-0.39, 0.29) is 6.04 Å². The van der Waals surface area contributed by atoms with Crippen LogP contribution in [0.3, 0.4) is 0 Å². The number of fused-ring (bicyclic) bond motifs is 1. The van der Waals surface area contributed by atoms with E-state index in [1.165, 1.54) is 11.3 Å². The highest BCUT2D eigenvalue weighted by Gasteiger charge is 2.33. The topological polar surface area (TPSA) is 70.8 Å². The molecule has 1 aliphatic heterocycles. The zero-order valence-corrected chi connectivity index (χ0v) is 12.4. The van der Waals surface area contributed by atoms with Gasteiger partial charge in [0.15, 0.2) is 5.76 Å². The van der Waals surface area contributed by atoms with Gasteiger partial charge in [-0.2, -0.15) is 0 Å². The van der Waals surface area contributed by atoms with E-state index in [2.05, 4.69) is 31.1 Å². The lowest BCUT2D eigenvalue weighted by molar-refractivity contribution is 0.170. The summed E-state index contributed by atoms with van der Waals surface area (Å²) in [5, 5.41) is 4.04. The average Bonchev–Trinajstić information content (AvgIpc) is 3.17. The second-order valence-corrected chi connectivity index (χ2v) is 5.62. The van der Waals surface area contributed by atoms with Crippen molar-refractivity contribution in [3.05, 3.63) is 65.3 Å². The Morgan fingerprint density at radius 3 is 3.18 bits per heavy atom. The molecule has 1 atom stereocenters. The minimum absolute atomic E-state index is 0.00333. The highest BCUT2D eigenvalue weighted by Crippen LogP contribution is 2.34. The van der Waals surface area contributed by atoms with Crippen LogP contribution in [0.25, 0.3) is 0 Å². The first-order chi connectivity index (χ1) is 10.8. The van der Waals surface area contributed by atoms with Crippen molar-refractivity contribution in [2.75, 3.05) is 6.54 Å². The number of nitrogens with one attached hydrogen (secondary N) is 1. The summed E-state index contributed by atoms with van der Waals surface area (Å²) in [4.78, 5) is 14.3. The number of aromatic nitrogens is 4. The van der Waals surface area contributed by atoms with Crippen molar-refractivity contribution < 1.29 is 4.52 Å². The molecule has 0 amide bonds. The first kappa shape index (κ1) is 13.2. The molecule has 112 valence electrons. The molecule has 6 nitrogen and oxygen atoms in total. The van der Waals surface area contributed by atoms with Crippen LogP contribution < -0.4 is 0 Å². The molecule has 3 aromatic rings. The van der Waals surface area contributed by atoms with Gasteiger partial charge in [0.05, 0.1) is 17.7 Å². The third kappa shape index (κ3) is 2.31. The number of aryl methyl sites for hydroxylation is 1. The summed E-state index contributed by atoms with van der Waals surface area (Å²) in [6, 6.07) is 6.05. The molecule has 22 heavy (non-hydrogen) atoms. The van der Waals surface area contributed by atoms with Gasteiger partial charge in [-0.15, -0.1) is 0 Å². The molecular formula is C16H17N5O. The second kappa shape index (κ2) is 5.38. The van der Waals surface area contributed by atoms with Gasteiger partial charge in [0.25, 0.3) is 0 Å². The largest absolute Gasteiger partial charge is 0.359 e. The van der Waals surface area contributed by atoms with Crippen LogP contribution >= 0.6 is 0 Å². The minimum atomic E-state index is -0.00333. The molecule has 0 spiro atoms. The maximum atomic E-state index is 5.54. The molecular weight excluding hydrogens is 278 g/mol. The molecule has 1 unspecified atom stereocenters. The maximum absolute atomic E-state index is 5.54. The molecule has 6 heteroatoms. The lowest BCUT2D eigenvalue weighted by atomic mass is 9.99. The second-order valence-electron chi connectivity index (χ2n) is 5.62. The monoisotopic (exact) mass is 295 g/mol. The SMILES string of the molecule is Cc1cc(C2c3nc[nH]c3CCN2Cc2cccnc2)on1. The molecule has 0 saturated heterocycles. The van der Waals surface area contributed by atoms with Crippen LogP contribution in [0.1, 0.15) is 34.4 Å². The Labute approximate surface area is 128 Å². The normalized spacial score (nSPS) is 18.3. The fraction of sp³-hybridized carbons (Fsp3) is 0.312. The van der Waals surface area contributed by atoms with Crippen LogP contribution in [0.2, 0.25) is 0 Å². The van der Waals surface area contributed by atoms with E-state index < -0.39 is 0 Å². The van der Waals surface area contributed by atoms with E-state index in [1.54, 1.807) is 12.5 Å². The summed E-state index contributed by atoms with van der Waals surface area (Å²) in [5.74, 6) is 0.842. The number of imidazole rings is 1. The predicted octanol–water partition coefficient (Wildman–Crippen LogP) is 2.25. The van der Waals surface area contributed by atoms with Gasteiger partial charge < -0.3 is 9.51 Å². The summed E-state index contributed by atoms with van der Waals surface area (Å²) < 4.78 is 5.54. The summed E-state index contributed by atoms with van der Waals surface area (Å²) in [6.45, 7) is 3.69. The Morgan fingerprint density at radius 1 is 1.45 bits per heavy atom. The van der Waals surface area contributed by atoms with Crippen molar-refractivity contribution >= 4 is 0 Å². The number of aromatic amines is 1. The number of hydrogen-bond acceptors (Lipinski definition) is 5. The third-order valence-corrected chi connectivity index (χ3v) is 4.05. The van der Waals surface area contributed by atoms with E-state index in [1.807, 2.05) is 25.3 Å². The molecule has 0 aliphatic carbocycles. The first-order valence-electron chi connectivity index (χ1n) is 7.39. The molecule has 1 aliphatic rings. The summed E-state index contributed by atoms with van der Waals surface area (Å²) in [7, 11) is 0. The van der Waals surface area contributed by atoms with Gasteiger partial charge in [0, 0.05) is 43.7 Å². The Kier molecular flexibility index (Phi) is 3.23. The van der Waals surface area contributed by atoms with E-state index in [0.717, 1.165) is 36.7 Å². The van der Waals surface area contributed by atoms with Crippen molar-refractivity contribution in [3.63, 3.8) is 0 Å². The van der Waals surface area contributed by atoms with Crippen molar-refractivity contribution in [1.82, 2.24) is 25.0 Å². The third-order valence-electron chi connectivity index (χ3n) is 4.05. The Balaban J connectivity index is 1.71. The standard InChI is InChI=1S/C16H17N5O/c1-11-7-14(22-20-11)16-15-13(18-10-19-15)4-6-21(16)9-12-3-2-5-17-8-12/h2-3,5,7-8,10,16H,4,6,9H2,1H3,(H,18,19). The highest BCUT2D eigenvalue weighted by atomic mass is 16.5. The quantitative estimate of drug-likeness (QED) is 0.802. The van der Waals surface area contributed by atoms with Gasteiger partial charge >= 0.3 is 0 Å². The molecule has 1 N–H and O–H groups in total. The zero-order chi connectivity index (χ0) is 14.9. The van der Waals surface area contributed by atoms with Gasteiger partial charge in [-0.1, -0.05) is 11.2 Å². The Hall–Kier alpha value is -2.47. The predicted molar refractivity (Wildman–Crippen MR) is 80.0 cm³/mol. The molecule has 0 saturated carbocycles. The fourth-order valence-electron chi connectivity index (χ4n) is 3.05. The number of H-pyrrole nitrogens is 1. The lowest BCUT2D eigenvalue weighted by Crippen LogP contribution is -2.35. The van der Waals surface area contributed by atoms with Crippen LogP contribution in [0.5, 0.6) is 0 Å². The van der Waals surface area contributed by atoms with Crippen LogP contribution in [-0.4, -0.2) is 31.6 Å². The molecule has 4 rings (SSSR count). The van der Waals surface area contributed by atoms with Gasteiger partial charge in [0.2, 0.25) is 0 Å². The molecule has 0 aromatic carbocycles. The molecule has 0 fully saturated rings. The fourth-order valence-corrected chi connectivity index (χ4v) is 3.05. The number of nitrogens with zero attached hydrogens (tertiary/aromatic N) is 4. The highest BCUT2D eigenvalue weighted by molar-refractivity contribution is 5.28. The molecule has 0 bridgehead atoms. The average molecular weight is 295 g/mol.